The van der Waals surface area contributed by atoms with Crippen LogP contribution in [0.25, 0.3) is 66.8 Å². The quantitative estimate of drug-likeness (QED) is 0.0156. The van der Waals surface area contributed by atoms with Crippen molar-refractivity contribution >= 4 is 45.7 Å². The van der Waals surface area contributed by atoms with Crippen molar-refractivity contribution in [3.8, 4) is 56.4 Å². The van der Waals surface area contributed by atoms with Gasteiger partial charge in [-0.3, -0.25) is 19.2 Å². The maximum Gasteiger partial charge on any atom is 0.336 e. The molecule has 0 spiro atoms. The zero-order chi connectivity index (χ0) is 62.0. The summed E-state index contributed by atoms with van der Waals surface area (Å²) >= 11 is 0. The van der Waals surface area contributed by atoms with Crippen LogP contribution in [0.4, 0.5) is 0 Å². The molecule has 2 amide bonds. The number of aromatic carboxylic acids is 2. The number of hydrogen-bond acceptors (Lipinski definition) is 10. The average Bonchev–Trinajstić information content (AvgIpc) is 1.04. The van der Waals surface area contributed by atoms with Crippen LogP contribution in [0.2, 0.25) is 0 Å². The molecule has 466 valence electrons. The fourth-order valence-corrected chi connectivity index (χ4v) is 12.2. The second kappa shape index (κ2) is 34.3. The average molecular weight is 1200 g/mol. The highest BCUT2D eigenvalue weighted by atomic mass is 16.4. The van der Waals surface area contributed by atoms with Gasteiger partial charge in [0.25, 0.3) is 0 Å². The molecule has 14 heteroatoms. The topological polar surface area (TPSA) is 234 Å². The van der Waals surface area contributed by atoms with Crippen LogP contribution in [0.1, 0.15) is 224 Å². The molecule has 0 fully saturated rings. The van der Waals surface area contributed by atoms with E-state index in [9.17, 15) is 49.2 Å². The molecule has 0 atom stereocenters. The Morgan fingerprint density at radius 1 is 0.341 bits per heavy atom. The molecule has 88 heavy (non-hydrogen) atoms. The molecule has 0 unspecified atom stereocenters. The minimum Gasteiger partial charge on any atom is -0.508 e. The molecular weight excluding hydrogens is 1110 g/mol. The molecule has 4 aliphatic rings. The van der Waals surface area contributed by atoms with Crippen molar-refractivity contribution in [1.29, 1.82) is 0 Å². The van der Waals surface area contributed by atoms with Crippen molar-refractivity contribution in [3.05, 3.63) is 152 Å². The second-order valence-corrected chi connectivity index (χ2v) is 24.0. The number of hydrogen-bond donors (Lipinski definition) is 6. The van der Waals surface area contributed by atoms with Gasteiger partial charge in [0.1, 0.15) is 34.2 Å². The summed E-state index contributed by atoms with van der Waals surface area (Å²) in [5, 5.41) is 47.8. The first-order valence-electron chi connectivity index (χ1n) is 32.5. The second-order valence-electron chi connectivity index (χ2n) is 24.0. The summed E-state index contributed by atoms with van der Waals surface area (Å²) in [5.74, 6) is -1.80. The van der Waals surface area contributed by atoms with Gasteiger partial charge < -0.3 is 39.9 Å². The molecule has 4 aromatic rings. The van der Waals surface area contributed by atoms with E-state index in [0.29, 0.717) is 79.3 Å². The van der Waals surface area contributed by atoms with Crippen molar-refractivity contribution in [2.24, 2.45) is 0 Å². The van der Waals surface area contributed by atoms with E-state index in [1.165, 1.54) is 190 Å². The molecule has 2 heterocycles. The number of carboxylic acids is 2. The number of rotatable bonds is 39. The van der Waals surface area contributed by atoms with Crippen LogP contribution in [0.5, 0.6) is 11.5 Å². The Balaban J connectivity index is 0.554. The number of carbonyl (C=O) groups excluding carboxylic acids is 2. The fraction of sp³-hybridized carbons (Fsp3) is 0.432. The molecular formula is C74H88N2O12. The Morgan fingerprint density at radius 2 is 0.636 bits per heavy atom. The minimum atomic E-state index is -1.12. The lowest BCUT2D eigenvalue weighted by molar-refractivity contribution is -0.122. The molecule has 6 N–H and O–H groups in total. The smallest absolute Gasteiger partial charge is 0.336 e. The number of unbranched alkanes of at least 4 members (excludes halogenated alkanes) is 27. The van der Waals surface area contributed by atoms with E-state index in [2.05, 4.69) is 10.6 Å². The molecule has 0 saturated heterocycles. The van der Waals surface area contributed by atoms with Crippen LogP contribution >= 0.6 is 0 Å². The first-order valence-corrected chi connectivity index (χ1v) is 32.5. The lowest BCUT2D eigenvalue weighted by Gasteiger charge is -2.17. The van der Waals surface area contributed by atoms with Crippen LogP contribution in [-0.4, -0.2) is 44.2 Å². The van der Waals surface area contributed by atoms with Gasteiger partial charge in [-0.2, -0.15) is 0 Å². The van der Waals surface area contributed by atoms with Crippen molar-refractivity contribution < 1.29 is 48.4 Å². The van der Waals surface area contributed by atoms with Crippen molar-refractivity contribution in [3.63, 3.8) is 0 Å². The summed E-state index contributed by atoms with van der Waals surface area (Å²) in [6, 6.07) is 28.2. The molecule has 0 saturated carbocycles. The number of nitrogens with one attached hydrogen (secondary N) is 2. The van der Waals surface area contributed by atoms with Crippen molar-refractivity contribution in [2.45, 2.75) is 206 Å². The summed E-state index contributed by atoms with van der Waals surface area (Å²) in [5.41, 5.74) is 4.81. The first kappa shape index (κ1) is 65.7. The molecule has 0 radical (unpaired) electrons. The number of fused-ring (bicyclic) bond motifs is 4. The predicted molar refractivity (Wildman–Crippen MR) is 349 cm³/mol. The van der Waals surface area contributed by atoms with Gasteiger partial charge in [-0.05, 0) is 95.8 Å². The molecule has 2 aliphatic heterocycles. The summed E-state index contributed by atoms with van der Waals surface area (Å²) in [7, 11) is 0. The number of aromatic hydroxyl groups is 2. The Morgan fingerprint density at radius 3 is 0.943 bits per heavy atom. The molecule has 0 aromatic heterocycles. The van der Waals surface area contributed by atoms with E-state index in [1.54, 1.807) is 60.7 Å². The van der Waals surface area contributed by atoms with Crippen LogP contribution < -0.4 is 21.5 Å². The van der Waals surface area contributed by atoms with Crippen molar-refractivity contribution in [2.75, 3.05) is 0 Å². The van der Waals surface area contributed by atoms with Crippen LogP contribution in [-0.2, 0) is 22.7 Å². The largest absolute Gasteiger partial charge is 0.508 e. The van der Waals surface area contributed by atoms with Gasteiger partial charge in [-0.25, -0.2) is 9.59 Å². The third-order valence-electron chi connectivity index (χ3n) is 17.1. The summed E-state index contributed by atoms with van der Waals surface area (Å²) in [4.78, 5) is 74.9. The Kier molecular flexibility index (Phi) is 25.6. The van der Waals surface area contributed by atoms with E-state index in [4.69, 9.17) is 8.83 Å². The van der Waals surface area contributed by atoms with Crippen LogP contribution in [0, 0.1) is 0 Å². The van der Waals surface area contributed by atoms with Crippen LogP contribution in [0.15, 0.2) is 128 Å². The number of benzene rings is 6. The molecule has 0 bridgehead atoms. The molecule has 8 rings (SSSR count). The zero-order valence-electron chi connectivity index (χ0n) is 51.1. The van der Waals surface area contributed by atoms with Crippen LogP contribution in [0.3, 0.4) is 0 Å². The number of phenolic OH excluding ortho intramolecular Hbond substituents is 2. The van der Waals surface area contributed by atoms with Gasteiger partial charge in [0.15, 0.2) is 10.9 Å². The third-order valence-corrected chi connectivity index (χ3v) is 17.1. The Hall–Kier alpha value is -8.26. The molecule has 4 aromatic carbocycles. The zero-order valence-corrected chi connectivity index (χ0v) is 51.1. The number of carbonyl (C=O) groups is 4. The highest BCUT2D eigenvalue weighted by Crippen LogP contribution is 2.44. The lowest BCUT2D eigenvalue weighted by atomic mass is 9.90. The Bertz CT molecular complexity index is 3420. The first-order chi connectivity index (χ1) is 42.8. The number of amides is 2. The van der Waals surface area contributed by atoms with Gasteiger partial charge in [-0.1, -0.05) is 191 Å². The summed E-state index contributed by atoms with van der Waals surface area (Å²) in [6.45, 7) is 0.427. The van der Waals surface area contributed by atoms with E-state index in [1.807, 2.05) is 0 Å². The predicted octanol–water partition coefficient (Wildman–Crippen LogP) is 17.9. The van der Waals surface area contributed by atoms with Gasteiger partial charge in [-0.15, -0.1) is 0 Å². The summed E-state index contributed by atoms with van der Waals surface area (Å²) in [6.07, 6.45) is 35.8. The SMILES string of the molecule is O=C(CCCCCCCCCCCCCCCCCCCCCCCCCCCCCCC(=O)NCc1ccc(-c2c3ccc(=O)cc-3oc3cc(O)ccc23)c(C(=O)O)c1)NCc1ccc(-c2c3ccc(=O)cc-3oc3cc(O)ccc23)c(C(=O)O)c1. The minimum absolute atomic E-state index is 0.0155. The van der Waals surface area contributed by atoms with E-state index >= 15 is 0 Å². The Labute approximate surface area is 516 Å². The van der Waals surface area contributed by atoms with E-state index < -0.39 is 11.9 Å². The van der Waals surface area contributed by atoms with Gasteiger partial charge in [0.2, 0.25) is 11.8 Å². The van der Waals surface area contributed by atoms with Gasteiger partial charge in [0.05, 0.1) is 11.1 Å². The highest BCUT2D eigenvalue weighted by molar-refractivity contribution is 6.09. The van der Waals surface area contributed by atoms with Crippen molar-refractivity contribution in [1.82, 2.24) is 10.6 Å². The molecule has 14 nitrogen and oxygen atoms in total. The number of phenols is 2. The van der Waals surface area contributed by atoms with Gasteiger partial charge in [0, 0.05) is 83.2 Å². The maximum absolute atomic E-state index is 12.7. The van der Waals surface area contributed by atoms with E-state index in [-0.39, 0.29) is 69.9 Å². The fourth-order valence-electron chi connectivity index (χ4n) is 12.2. The normalized spacial score (nSPS) is 11.5. The highest BCUT2D eigenvalue weighted by Gasteiger charge is 2.25. The lowest BCUT2D eigenvalue weighted by Crippen LogP contribution is -2.22. The third kappa shape index (κ3) is 19.6. The maximum atomic E-state index is 12.7. The number of carboxylic acid groups (broad SMARTS) is 2. The molecule has 2 aliphatic carbocycles. The standard InChI is InChI=1S/C74H88N2O12/c77-53-33-39-59-65(45-53)87-66-46-54(78)34-40-60(66)71(59)57-37-31-51(43-63(57)73(83)84)49-75-69(81)29-27-25-23-21-19-17-15-13-11-9-7-5-3-1-2-4-6-8-10-12-14-16-18-20-22-24-26-28-30-70(82)76-50-52-32-38-58(64(44-52)74(85)86)72-61-41-35-55(79)47-67(61)88-68-48-56(80)36-42-62(68)72/h31-48,77,79H,1-30,49-50H2,(H,75,81)(H,76,82)(H,83,84)(H,85,86). The summed E-state index contributed by atoms with van der Waals surface area (Å²) < 4.78 is 11.9. The van der Waals surface area contributed by atoms with E-state index in [0.717, 1.165) is 38.5 Å². The van der Waals surface area contributed by atoms with Gasteiger partial charge >= 0.3 is 11.9 Å². The monoisotopic (exact) mass is 1200 g/mol.